The van der Waals surface area contributed by atoms with Gasteiger partial charge in [0.25, 0.3) is 0 Å². The van der Waals surface area contributed by atoms with E-state index < -0.39 is 0 Å². The molecule has 0 aliphatic heterocycles. The van der Waals surface area contributed by atoms with Crippen LogP contribution in [0.2, 0.25) is 0 Å². The average molecular weight is 211 g/mol. The zero-order valence-corrected chi connectivity index (χ0v) is 9.36. The van der Waals surface area contributed by atoms with Crippen LogP contribution in [0.3, 0.4) is 0 Å². The summed E-state index contributed by atoms with van der Waals surface area (Å²) in [7, 11) is 1.86. The Labute approximate surface area is 89.4 Å². The third-order valence-corrected chi connectivity index (χ3v) is 1.87. The van der Waals surface area contributed by atoms with Gasteiger partial charge in [0.15, 0.2) is 0 Å². The minimum absolute atomic E-state index is 0.0593. The van der Waals surface area contributed by atoms with Crippen LogP contribution < -0.4 is 5.32 Å². The first-order valence-corrected chi connectivity index (χ1v) is 4.96. The molecule has 0 amide bonds. The smallest absolute Gasteiger partial charge is 0.320 e. The molecule has 1 N–H and O–H groups in total. The number of rotatable bonds is 5. The first-order valence-electron chi connectivity index (χ1n) is 4.96. The molecule has 0 saturated heterocycles. The third kappa shape index (κ3) is 4.12. The van der Waals surface area contributed by atoms with Crippen LogP contribution in [0.15, 0.2) is 12.3 Å². The third-order valence-electron chi connectivity index (χ3n) is 1.87. The van der Waals surface area contributed by atoms with Gasteiger partial charge in [-0.3, -0.25) is 9.48 Å². The molecule has 15 heavy (non-hydrogen) atoms. The number of esters is 1. The maximum atomic E-state index is 11.2. The number of aromatic nitrogens is 2. The number of carbonyl (C=O) groups is 1. The van der Waals surface area contributed by atoms with Gasteiger partial charge in [0.2, 0.25) is 0 Å². The van der Waals surface area contributed by atoms with E-state index in [-0.39, 0.29) is 18.6 Å². The van der Waals surface area contributed by atoms with Gasteiger partial charge in [0.1, 0.15) is 0 Å². The first kappa shape index (κ1) is 11.7. The van der Waals surface area contributed by atoms with Gasteiger partial charge in [-0.2, -0.15) is 5.10 Å². The Morgan fingerprint density at radius 1 is 1.67 bits per heavy atom. The minimum atomic E-state index is -0.229. The highest BCUT2D eigenvalue weighted by atomic mass is 16.5. The Bertz CT molecular complexity index is 320. The van der Waals surface area contributed by atoms with Crippen LogP contribution in [0.4, 0.5) is 0 Å². The molecule has 0 aromatic carbocycles. The molecule has 5 nitrogen and oxygen atoms in total. The van der Waals surface area contributed by atoms with Crippen LogP contribution in [0.25, 0.3) is 0 Å². The van der Waals surface area contributed by atoms with Gasteiger partial charge in [-0.15, -0.1) is 0 Å². The molecule has 0 aliphatic rings. The van der Waals surface area contributed by atoms with Crippen molar-refractivity contribution in [3.8, 4) is 0 Å². The Morgan fingerprint density at radius 3 is 2.93 bits per heavy atom. The summed E-state index contributed by atoms with van der Waals surface area (Å²) in [6.07, 6.45) is 1.67. The number of ether oxygens (including phenoxy) is 1. The van der Waals surface area contributed by atoms with Gasteiger partial charge in [0, 0.05) is 19.8 Å². The van der Waals surface area contributed by atoms with Gasteiger partial charge in [-0.1, -0.05) is 0 Å². The standard InChI is InChI=1S/C10H17N3O2/c1-8(2)15-10(14)7-11-6-9-4-5-12-13(9)3/h4-5,8,11H,6-7H2,1-3H3. The zero-order valence-electron chi connectivity index (χ0n) is 9.36. The molecule has 1 aromatic rings. The van der Waals surface area contributed by atoms with E-state index in [1.807, 2.05) is 27.0 Å². The molecule has 0 unspecified atom stereocenters. The number of carbonyl (C=O) groups excluding carboxylic acids is 1. The topological polar surface area (TPSA) is 56.1 Å². The van der Waals surface area contributed by atoms with Crippen LogP contribution in [-0.2, 0) is 23.1 Å². The second kappa shape index (κ2) is 5.50. The molecule has 1 aromatic heterocycles. The van der Waals surface area contributed by atoms with E-state index in [9.17, 15) is 4.79 Å². The Balaban J connectivity index is 2.22. The summed E-state index contributed by atoms with van der Waals surface area (Å²) in [5.74, 6) is -0.229. The fourth-order valence-corrected chi connectivity index (χ4v) is 1.17. The highest BCUT2D eigenvalue weighted by molar-refractivity contribution is 5.71. The number of hydrogen-bond donors (Lipinski definition) is 1. The van der Waals surface area contributed by atoms with Crippen molar-refractivity contribution in [1.29, 1.82) is 0 Å². The first-order chi connectivity index (χ1) is 7.09. The number of aryl methyl sites for hydroxylation is 1. The lowest BCUT2D eigenvalue weighted by Gasteiger charge is -2.08. The molecule has 0 atom stereocenters. The van der Waals surface area contributed by atoms with E-state index in [1.54, 1.807) is 10.9 Å². The Hall–Kier alpha value is -1.36. The monoisotopic (exact) mass is 211 g/mol. The van der Waals surface area contributed by atoms with Crippen molar-refractivity contribution in [3.63, 3.8) is 0 Å². The summed E-state index contributed by atoms with van der Waals surface area (Å²) in [6.45, 7) is 4.51. The van der Waals surface area contributed by atoms with E-state index in [0.717, 1.165) is 5.69 Å². The lowest BCUT2D eigenvalue weighted by Crippen LogP contribution is -2.26. The molecule has 1 rings (SSSR count). The lowest BCUT2D eigenvalue weighted by atomic mass is 10.4. The van der Waals surface area contributed by atoms with Gasteiger partial charge in [-0.25, -0.2) is 0 Å². The van der Waals surface area contributed by atoms with Crippen LogP contribution in [0.5, 0.6) is 0 Å². The average Bonchev–Trinajstić information content (AvgIpc) is 2.50. The Kier molecular flexibility index (Phi) is 4.30. The molecule has 5 heteroatoms. The summed E-state index contributed by atoms with van der Waals surface area (Å²) in [4.78, 5) is 11.2. The van der Waals surface area contributed by atoms with E-state index in [2.05, 4.69) is 10.4 Å². The van der Waals surface area contributed by atoms with Crippen molar-refractivity contribution in [2.24, 2.45) is 7.05 Å². The van der Waals surface area contributed by atoms with Gasteiger partial charge in [-0.05, 0) is 19.9 Å². The van der Waals surface area contributed by atoms with Gasteiger partial charge >= 0.3 is 5.97 Å². The van der Waals surface area contributed by atoms with E-state index in [1.165, 1.54) is 0 Å². The summed E-state index contributed by atoms with van der Waals surface area (Å²) >= 11 is 0. The summed E-state index contributed by atoms with van der Waals surface area (Å²) in [6, 6.07) is 1.90. The molecule has 0 saturated carbocycles. The molecular weight excluding hydrogens is 194 g/mol. The van der Waals surface area contributed by atoms with E-state index >= 15 is 0 Å². The molecule has 0 bridgehead atoms. The molecule has 0 spiro atoms. The van der Waals surface area contributed by atoms with Crippen molar-refractivity contribution in [1.82, 2.24) is 15.1 Å². The molecule has 0 aliphatic carbocycles. The number of nitrogens with one attached hydrogen (secondary N) is 1. The van der Waals surface area contributed by atoms with E-state index in [4.69, 9.17) is 4.74 Å². The van der Waals surface area contributed by atoms with Crippen LogP contribution in [0, 0.1) is 0 Å². The van der Waals surface area contributed by atoms with Gasteiger partial charge in [0.05, 0.1) is 18.3 Å². The largest absolute Gasteiger partial charge is 0.462 e. The van der Waals surface area contributed by atoms with Crippen molar-refractivity contribution >= 4 is 5.97 Å². The highest BCUT2D eigenvalue weighted by Crippen LogP contribution is 1.95. The summed E-state index contributed by atoms with van der Waals surface area (Å²) in [5, 5.41) is 7.02. The normalized spacial score (nSPS) is 10.7. The van der Waals surface area contributed by atoms with Crippen LogP contribution in [0.1, 0.15) is 19.5 Å². The van der Waals surface area contributed by atoms with Crippen LogP contribution in [-0.4, -0.2) is 28.4 Å². The van der Waals surface area contributed by atoms with Gasteiger partial charge < -0.3 is 10.1 Å². The fourth-order valence-electron chi connectivity index (χ4n) is 1.17. The van der Waals surface area contributed by atoms with E-state index in [0.29, 0.717) is 6.54 Å². The lowest BCUT2D eigenvalue weighted by molar-refractivity contribution is -0.146. The predicted octanol–water partition coefficient (Wildman–Crippen LogP) is 0.461. The second-order valence-electron chi connectivity index (χ2n) is 3.59. The Morgan fingerprint density at radius 2 is 2.40 bits per heavy atom. The highest BCUT2D eigenvalue weighted by Gasteiger charge is 2.05. The number of nitrogens with zero attached hydrogens (tertiary/aromatic N) is 2. The maximum Gasteiger partial charge on any atom is 0.320 e. The fraction of sp³-hybridized carbons (Fsp3) is 0.600. The molecule has 0 fully saturated rings. The van der Waals surface area contributed by atoms with Crippen molar-refractivity contribution in [2.45, 2.75) is 26.5 Å². The SMILES string of the molecule is CC(C)OC(=O)CNCc1ccnn1C. The molecule has 1 heterocycles. The van der Waals surface area contributed by atoms with Crippen LogP contribution >= 0.6 is 0 Å². The van der Waals surface area contributed by atoms with Crippen molar-refractivity contribution in [2.75, 3.05) is 6.54 Å². The molecule has 84 valence electrons. The maximum absolute atomic E-state index is 11.2. The zero-order chi connectivity index (χ0) is 11.3. The summed E-state index contributed by atoms with van der Waals surface area (Å²) < 4.78 is 6.74. The second-order valence-corrected chi connectivity index (χ2v) is 3.59. The molecular formula is C10H17N3O2. The number of hydrogen-bond acceptors (Lipinski definition) is 4. The quantitative estimate of drug-likeness (QED) is 0.719. The molecule has 0 radical (unpaired) electrons. The predicted molar refractivity (Wildman–Crippen MR) is 56.1 cm³/mol. The minimum Gasteiger partial charge on any atom is -0.462 e. The summed E-state index contributed by atoms with van der Waals surface area (Å²) in [5.41, 5.74) is 1.03. The van der Waals surface area contributed by atoms with Crippen molar-refractivity contribution < 1.29 is 9.53 Å². The van der Waals surface area contributed by atoms with Crippen molar-refractivity contribution in [3.05, 3.63) is 18.0 Å².